The number of rotatable bonds is 5. The van der Waals surface area contributed by atoms with Crippen molar-refractivity contribution in [2.75, 3.05) is 5.75 Å². The summed E-state index contributed by atoms with van der Waals surface area (Å²) in [5.74, 6) is 0.0302. The van der Waals surface area contributed by atoms with Gasteiger partial charge in [-0.3, -0.25) is 4.79 Å². The number of aromatic nitrogens is 2. The molecule has 0 spiro atoms. The number of carbonyl (C=O) groups is 1. The Morgan fingerprint density at radius 2 is 1.80 bits per heavy atom. The third-order valence-electron chi connectivity index (χ3n) is 3.47. The third-order valence-corrected chi connectivity index (χ3v) is 4.32. The minimum absolute atomic E-state index is 0.190. The molecule has 0 radical (unpaired) electrons. The lowest BCUT2D eigenvalue weighted by atomic mass is 10.1. The van der Waals surface area contributed by atoms with Crippen molar-refractivity contribution < 1.29 is 4.79 Å². The Bertz CT molecular complexity index is 919. The molecule has 0 saturated carbocycles. The van der Waals surface area contributed by atoms with E-state index in [0.29, 0.717) is 5.16 Å². The fourth-order valence-corrected chi connectivity index (χ4v) is 3.13. The maximum absolute atomic E-state index is 11.9. The molecule has 0 aliphatic carbocycles. The average Bonchev–Trinajstić information content (AvgIpc) is 2.59. The van der Waals surface area contributed by atoms with Gasteiger partial charge in [-0.2, -0.15) is 5.10 Å². The molecule has 0 unspecified atom stereocenters. The molecule has 5 nitrogen and oxygen atoms in total. The summed E-state index contributed by atoms with van der Waals surface area (Å²) in [7, 11) is 0. The van der Waals surface area contributed by atoms with Crippen LogP contribution in [0.3, 0.4) is 0 Å². The van der Waals surface area contributed by atoms with Crippen LogP contribution in [0, 0.1) is 13.8 Å². The SMILES string of the molecule is Cc1cc(C)nc(SCC(=O)N/N=C/c2ccc3ccccc3c2)n1. The Labute approximate surface area is 150 Å². The summed E-state index contributed by atoms with van der Waals surface area (Å²) in [5, 5.41) is 6.93. The van der Waals surface area contributed by atoms with Gasteiger partial charge >= 0.3 is 0 Å². The van der Waals surface area contributed by atoms with Crippen LogP contribution in [-0.4, -0.2) is 27.8 Å². The smallest absolute Gasteiger partial charge is 0.250 e. The molecule has 1 amide bonds. The summed E-state index contributed by atoms with van der Waals surface area (Å²) in [5.41, 5.74) is 5.25. The molecule has 3 rings (SSSR count). The quantitative estimate of drug-likeness (QED) is 0.331. The Kier molecular flexibility index (Phi) is 5.40. The minimum Gasteiger partial charge on any atom is -0.272 e. The van der Waals surface area contributed by atoms with E-state index in [-0.39, 0.29) is 11.7 Å². The van der Waals surface area contributed by atoms with Crippen molar-refractivity contribution in [1.29, 1.82) is 0 Å². The van der Waals surface area contributed by atoms with E-state index in [4.69, 9.17) is 0 Å². The van der Waals surface area contributed by atoms with Crippen LogP contribution in [0.2, 0.25) is 0 Å². The van der Waals surface area contributed by atoms with Crippen LogP contribution in [-0.2, 0) is 4.79 Å². The molecule has 1 aromatic heterocycles. The highest BCUT2D eigenvalue weighted by Gasteiger charge is 2.05. The van der Waals surface area contributed by atoms with Crippen LogP contribution in [0.4, 0.5) is 0 Å². The van der Waals surface area contributed by atoms with Crippen LogP contribution < -0.4 is 5.43 Å². The van der Waals surface area contributed by atoms with Crippen LogP contribution in [0.5, 0.6) is 0 Å². The molecule has 0 aliphatic rings. The standard InChI is InChI=1S/C19H18N4OS/c1-13-9-14(2)22-19(21-13)25-12-18(24)23-20-11-15-7-8-16-5-3-4-6-17(16)10-15/h3-11H,12H2,1-2H3,(H,23,24)/b20-11+. The second kappa shape index (κ2) is 7.90. The number of nitrogens with one attached hydrogen (secondary N) is 1. The predicted molar refractivity (Wildman–Crippen MR) is 102 cm³/mol. The summed E-state index contributed by atoms with van der Waals surface area (Å²) < 4.78 is 0. The first-order valence-electron chi connectivity index (χ1n) is 7.86. The summed E-state index contributed by atoms with van der Waals surface area (Å²) in [6.45, 7) is 3.82. The van der Waals surface area contributed by atoms with Crippen LogP contribution in [0.1, 0.15) is 17.0 Å². The van der Waals surface area contributed by atoms with E-state index in [0.717, 1.165) is 22.3 Å². The number of aryl methyl sites for hydroxylation is 2. The van der Waals surface area contributed by atoms with Gasteiger partial charge in [-0.05, 0) is 42.3 Å². The number of carbonyl (C=O) groups excluding carboxylic acids is 1. The molecular weight excluding hydrogens is 332 g/mol. The van der Waals surface area contributed by atoms with Crippen molar-refractivity contribution in [3.8, 4) is 0 Å². The molecule has 6 heteroatoms. The Hall–Kier alpha value is -2.73. The molecule has 2 aromatic carbocycles. The Morgan fingerprint density at radius 3 is 2.56 bits per heavy atom. The van der Waals surface area contributed by atoms with E-state index in [1.54, 1.807) is 6.21 Å². The van der Waals surface area contributed by atoms with Crippen molar-refractivity contribution in [2.24, 2.45) is 5.10 Å². The van der Waals surface area contributed by atoms with Gasteiger partial charge < -0.3 is 0 Å². The highest BCUT2D eigenvalue weighted by molar-refractivity contribution is 7.99. The lowest BCUT2D eigenvalue weighted by Crippen LogP contribution is -2.19. The number of fused-ring (bicyclic) bond motifs is 1. The number of benzene rings is 2. The maximum Gasteiger partial charge on any atom is 0.250 e. The van der Waals surface area contributed by atoms with E-state index in [2.05, 4.69) is 26.6 Å². The van der Waals surface area contributed by atoms with Gasteiger partial charge in [0.1, 0.15) is 0 Å². The zero-order chi connectivity index (χ0) is 17.6. The molecule has 1 N–H and O–H groups in total. The number of amides is 1. The number of thioether (sulfide) groups is 1. The maximum atomic E-state index is 11.9. The van der Waals surface area contributed by atoms with E-state index < -0.39 is 0 Å². The first-order valence-corrected chi connectivity index (χ1v) is 8.84. The van der Waals surface area contributed by atoms with Gasteiger partial charge in [-0.25, -0.2) is 15.4 Å². The van der Waals surface area contributed by atoms with Crippen molar-refractivity contribution in [2.45, 2.75) is 19.0 Å². The number of nitrogens with zero attached hydrogens (tertiary/aromatic N) is 3. The van der Waals surface area contributed by atoms with Gasteiger partial charge in [-0.15, -0.1) is 0 Å². The van der Waals surface area contributed by atoms with Crippen molar-refractivity contribution in [3.05, 3.63) is 65.5 Å². The van der Waals surface area contributed by atoms with Gasteiger partial charge in [0.25, 0.3) is 5.91 Å². The normalized spacial score (nSPS) is 11.1. The highest BCUT2D eigenvalue weighted by atomic mass is 32.2. The second-order valence-electron chi connectivity index (χ2n) is 5.62. The van der Waals surface area contributed by atoms with Crippen molar-refractivity contribution >= 4 is 34.7 Å². The number of hydrogen-bond donors (Lipinski definition) is 1. The molecular formula is C19H18N4OS. The lowest BCUT2D eigenvalue weighted by molar-refractivity contribution is -0.118. The minimum atomic E-state index is -0.190. The molecule has 0 saturated heterocycles. The van der Waals surface area contributed by atoms with Gasteiger partial charge in [0.2, 0.25) is 0 Å². The molecule has 0 bridgehead atoms. The zero-order valence-electron chi connectivity index (χ0n) is 14.1. The third kappa shape index (κ3) is 4.87. The number of hydrazone groups is 1. The summed E-state index contributed by atoms with van der Waals surface area (Å²) in [6, 6.07) is 16.0. The molecule has 0 atom stereocenters. The molecule has 0 aliphatic heterocycles. The van der Waals surface area contributed by atoms with Gasteiger partial charge in [0, 0.05) is 11.4 Å². The van der Waals surface area contributed by atoms with E-state index in [1.165, 1.54) is 17.1 Å². The fraction of sp³-hybridized carbons (Fsp3) is 0.158. The van der Waals surface area contributed by atoms with Crippen LogP contribution in [0.25, 0.3) is 10.8 Å². The second-order valence-corrected chi connectivity index (χ2v) is 6.56. The molecule has 25 heavy (non-hydrogen) atoms. The summed E-state index contributed by atoms with van der Waals surface area (Å²) in [4.78, 5) is 20.5. The van der Waals surface area contributed by atoms with E-state index in [1.807, 2.05) is 56.3 Å². The first kappa shape index (κ1) is 17.1. The number of hydrogen-bond acceptors (Lipinski definition) is 5. The van der Waals surface area contributed by atoms with Crippen LogP contribution >= 0.6 is 11.8 Å². The van der Waals surface area contributed by atoms with E-state index >= 15 is 0 Å². The largest absolute Gasteiger partial charge is 0.272 e. The van der Waals surface area contributed by atoms with E-state index in [9.17, 15) is 4.79 Å². The van der Waals surface area contributed by atoms with Crippen LogP contribution in [0.15, 0.2) is 58.8 Å². The predicted octanol–water partition coefficient (Wildman–Crippen LogP) is 3.49. The molecule has 0 fully saturated rings. The highest BCUT2D eigenvalue weighted by Crippen LogP contribution is 2.15. The van der Waals surface area contributed by atoms with Gasteiger partial charge in [-0.1, -0.05) is 48.2 Å². The van der Waals surface area contributed by atoms with Gasteiger partial charge in [0.15, 0.2) is 5.16 Å². The van der Waals surface area contributed by atoms with Gasteiger partial charge in [0.05, 0.1) is 12.0 Å². The topological polar surface area (TPSA) is 67.2 Å². The fourth-order valence-electron chi connectivity index (χ4n) is 2.39. The first-order chi connectivity index (χ1) is 12.1. The molecule has 126 valence electrons. The lowest BCUT2D eigenvalue weighted by Gasteiger charge is -2.02. The van der Waals surface area contributed by atoms with Crippen molar-refractivity contribution in [3.63, 3.8) is 0 Å². The average molecular weight is 350 g/mol. The Balaban J connectivity index is 1.54. The monoisotopic (exact) mass is 350 g/mol. The van der Waals surface area contributed by atoms with Crippen molar-refractivity contribution in [1.82, 2.24) is 15.4 Å². The Morgan fingerprint density at radius 1 is 1.08 bits per heavy atom. The zero-order valence-corrected chi connectivity index (χ0v) is 14.9. The summed E-state index contributed by atoms with van der Waals surface area (Å²) in [6.07, 6.45) is 1.64. The summed E-state index contributed by atoms with van der Waals surface area (Å²) >= 11 is 1.30. The molecule has 1 heterocycles. The molecule has 3 aromatic rings.